The summed E-state index contributed by atoms with van der Waals surface area (Å²) in [5, 5.41) is 2.61. The Hall–Kier alpha value is -2.65. The summed E-state index contributed by atoms with van der Waals surface area (Å²) < 4.78 is 37.1. The van der Waals surface area contributed by atoms with Crippen LogP contribution in [0.1, 0.15) is 42.5 Å². The molecule has 0 spiro atoms. The van der Waals surface area contributed by atoms with E-state index < -0.39 is 28.0 Å². The van der Waals surface area contributed by atoms with Crippen molar-refractivity contribution in [3.8, 4) is 0 Å². The van der Waals surface area contributed by atoms with Crippen LogP contribution in [0.4, 0.5) is 0 Å². The maximum atomic E-state index is 12.7. The average molecular weight is 423 g/mol. The van der Waals surface area contributed by atoms with E-state index in [0.717, 1.165) is 0 Å². The molecule has 1 heterocycles. The van der Waals surface area contributed by atoms with Gasteiger partial charge in [-0.2, -0.15) is 4.31 Å². The predicted molar refractivity (Wildman–Crippen MR) is 107 cm³/mol. The molecule has 1 amide bonds. The van der Waals surface area contributed by atoms with Gasteiger partial charge in [0.25, 0.3) is 5.91 Å². The fourth-order valence-corrected chi connectivity index (χ4v) is 4.19. The molecule has 0 unspecified atom stereocenters. The maximum absolute atomic E-state index is 12.7. The average Bonchev–Trinajstić information content (AvgIpc) is 3.20. The molecule has 0 saturated heterocycles. The number of amides is 1. The molecule has 0 saturated carbocycles. The quantitative estimate of drug-likeness (QED) is 0.623. The van der Waals surface area contributed by atoms with Gasteiger partial charge in [-0.15, -0.1) is 0 Å². The Morgan fingerprint density at radius 1 is 1.21 bits per heavy atom. The van der Waals surface area contributed by atoms with Crippen LogP contribution in [0, 0.1) is 6.92 Å². The molecule has 158 valence electrons. The Bertz CT molecular complexity index is 949. The van der Waals surface area contributed by atoms with Crippen molar-refractivity contribution in [2.24, 2.45) is 0 Å². The van der Waals surface area contributed by atoms with Gasteiger partial charge in [-0.25, -0.2) is 13.2 Å². The van der Waals surface area contributed by atoms with Crippen molar-refractivity contribution in [1.82, 2.24) is 9.62 Å². The van der Waals surface area contributed by atoms with Crippen molar-refractivity contribution in [2.75, 3.05) is 13.1 Å². The first-order valence-electron chi connectivity index (χ1n) is 9.32. The number of hydrogen-bond acceptors (Lipinski definition) is 6. The maximum Gasteiger partial charge on any atom is 0.339 e. The van der Waals surface area contributed by atoms with Crippen molar-refractivity contribution < 1.29 is 27.2 Å². The lowest BCUT2D eigenvalue weighted by molar-refractivity contribution is -0.129. The van der Waals surface area contributed by atoms with Crippen LogP contribution in [-0.4, -0.2) is 43.8 Å². The third-order valence-corrected chi connectivity index (χ3v) is 6.49. The van der Waals surface area contributed by atoms with Gasteiger partial charge in [-0.05, 0) is 43.7 Å². The number of aryl methyl sites for hydroxylation is 1. The molecule has 0 bridgehead atoms. The molecule has 1 N–H and O–H groups in total. The van der Waals surface area contributed by atoms with Crippen LogP contribution < -0.4 is 5.32 Å². The van der Waals surface area contributed by atoms with Gasteiger partial charge in [-0.3, -0.25) is 4.79 Å². The van der Waals surface area contributed by atoms with E-state index in [1.54, 1.807) is 39.0 Å². The molecule has 0 aliphatic carbocycles. The highest BCUT2D eigenvalue weighted by atomic mass is 32.2. The van der Waals surface area contributed by atoms with Gasteiger partial charge in [-0.1, -0.05) is 19.9 Å². The van der Waals surface area contributed by atoms with Crippen molar-refractivity contribution in [3.63, 3.8) is 0 Å². The lowest BCUT2D eigenvalue weighted by Gasteiger charge is -2.19. The third-order valence-electron chi connectivity index (χ3n) is 4.44. The summed E-state index contributed by atoms with van der Waals surface area (Å²) in [5.41, 5.74) is 0.653. The van der Waals surface area contributed by atoms with Crippen LogP contribution in [0.5, 0.6) is 0 Å². The second-order valence-corrected chi connectivity index (χ2v) is 8.35. The summed E-state index contributed by atoms with van der Waals surface area (Å²) in [4.78, 5) is 24.7. The van der Waals surface area contributed by atoms with E-state index in [9.17, 15) is 18.0 Å². The van der Waals surface area contributed by atoms with Gasteiger partial charge in [0, 0.05) is 13.1 Å². The molecule has 0 fully saturated rings. The summed E-state index contributed by atoms with van der Waals surface area (Å²) in [6, 6.07) is 7.71. The van der Waals surface area contributed by atoms with E-state index in [1.807, 2.05) is 0 Å². The highest BCUT2D eigenvalue weighted by Gasteiger charge is 2.25. The lowest BCUT2D eigenvalue weighted by Crippen LogP contribution is -2.35. The van der Waals surface area contributed by atoms with E-state index in [0.29, 0.717) is 24.4 Å². The van der Waals surface area contributed by atoms with Crippen LogP contribution in [0.15, 0.2) is 45.9 Å². The van der Waals surface area contributed by atoms with Crippen molar-refractivity contribution in [2.45, 2.75) is 45.2 Å². The predicted octanol–water partition coefficient (Wildman–Crippen LogP) is 2.48. The van der Waals surface area contributed by atoms with Crippen molar-refractivity contribution in [1.29, 1.82) is 0 Å². The van der Waals surface area contributed by atoms with Gasteiger partial charge >= 0.3 is 5.97 Å². The second-order valence-electron chi connectivity index (χ2n) is 6.41. The number of carbonyl (C=O) groups excluding carboxylic acids is 2. The van der Waals surface area contributed by atoms with Crippen LogP contribution >= 0.6 is 0 Å². The van der Waals surface area contributed by atoms with E-state index in [1.165, 1.54) is 29.6 Å². The zero-order valence-corrected chi connectivity index (χ0v) is 17.8. The topological polar surface area (TPSA) is 106 Å². The third kappa shape index (κ3) is 5.45. The Balaban J connectivity index is 2.12. The number of rotatable bonds is 9. The number of carbonyl (C=O) groups is 2. The highest BCUT2D eigenvalue weighted by Crippen LogP contribution is 2.20. The number of nitrogens with zero attached hydrogens (tertiary/aromatic N) is 1. The number of nitrogens with one attached hydrogen (secondary N) is 1. The van der Waals surface area contributed by atoms with Crippen LogP contribution in [0.25, 0.3) is 0 Å². The Labute approximate surface area is 170 Å². The molecule has 1 atom stereocenters. The molecular weight excluding hydrogens is 396 g/mol. The van der Waals surface area contributed by atoms with Gasteiger partial charge in [0.05, 0.1) is 23.3 Å². The molecule has 9 heteroatoms. The molecule has 0 radical (unpaired) electrons. The summed E-state index contributed by atoms with van der Waals surface area (Å²) >= 11 is 0. The monoisotopic (exact) mass is 422 g/mol. The molecule has 1 aromatic carbocycles. The van der Waals surface area contributed by atoms with E-state index >= 15 is 0 Å². The van der Waals surface area contributed by atoms with Gasteiger partial charge in [0.1, 0.15) is 5.76 Å². The molecule has 2 rings (SSSR count). The SMILES string of the molecule is CCN(CC)S(=O)(=O)c1ccc(C)c(C(=O)O[C@@H](C)C(=O)NCc2ccco2)c1. The molecular formula is C20H26N2O6S. The van der Waals surface area contributed by atoms with E-state index in [4.69, 9.17) is 9.15 Å². The molecule has 0 aliphatic rings. The number of ether oxygens (including phenoxy) is 1. The summed E-state index contributed by atoms with van der Waals surface area (Å²) in [5.74, 6) is -0.680. The standard InChI is InChI=1S/C20H26N2O6S/c1-5-22(6-2)29(25,26)17-10-9-14(3)18(12-17)20(24)28-15(4)19(23)21-13-16-8-7-11-27-16/h7-12,15H,5-6,13H2,1-4H3,(H,21,23)/t15-/m0/s1. The first-order chi connectivity index (χ1) is 13.7. The zero-order valence-electron chi connectivity index (χ0n) is 17.0. The number of furan rings is 1. The number of sulfonamides is 1. The first-order valence-corrected chi connectivity index (χ1v) is 10.8. The van der Waals surface area contributed by atoms with E-state index in [2.05, 4.69) is 5.32 Å². The summed E-state index contributed by atoms with van der Waals surface area (Å²) in [6.07, 6.45) is 0.437. The zero-order chi connectivity index (χ0) is 21.6. The molecule has 29 heavy (non-hydrogen) atoms. The van der Waals surface area contributed by atoms with Gasteiger partial charge in [0.2, 0.25) is 10.0 Å². The Morgan fingerprint density at radius 2 is 1.90 bits per heavy atom. The fraction of sp³-hybridized carbons (Fsp3) is 0.400. The largest absolute Gasteiger partial charge is 0.467 e. The summed E-state index contributed by atoms with van der Waals surface area (Å²) in [6.45, 7) is 7.41. The fourth-order valence-electron chi connectivity index (χ4n) is 2.70. The minimum atomic E-state index is -3.72. The van der Waals surface area contributed by atoms with Gasteiger partial charge < -0.3 is 14.5 Å². The number of benzene rings is 1. The highest BCUT2D eigenvalue weighted by molar-refractivity contribution is 7.89. The molecule has 1 aromatic heterocycles. The second kappa shape index (κ2) is 9.71. The minimum Gasteiger partial charge on any atom is -0.467 e. The van der Waals surface area contributed by atoms with Crippen LogP contribution in [0.3, 0.4) is 0 Å². The van der Waals surface area contributed by atoms with Gasteiger partial charge in [0.15, 0.2) is 6.10 Å². The number of esters is 1. The van der Waals surface area contributed by atoms with Crippen molar-refractivity contribution >= 4 is 21.9 Å². The molecule has 2 aromatic rings. The molecule has 0 aliphatic heterocycles. The lowest BCUT2D eigenvalue weighted by atomic mass is 10.1. The number of hydrogen-bond donors (Lipinski definition) is 1. The van der Waals surface area contributed by atoms with Crippen molar-refractivity contribution in [3.05, 3.63) is 53.5 Å². The minimum absolute atomic E-state index is 0.00803. The smallest absolute Gasteiger partial charge is 0.339 e. The van der Waals surface area contributed by atoms with Crippen LogP contribution in [-0.2, 0) is 26.1 Å². The van der Waals surface area contributed by atoms with Crippen LogP contribution in [0.2, 0.25) is 0 Å². The summed E-state index contributed by atoms with van der Waals surface area (Å²) in [7, 11) is -3.72. The first kappa shape index (κ1) is 22.6. The Kier molecular flexibility index (Phi) is 7.58. The van der Waals surface area contributed by atoms with E-state index in [-0.39, 0.29) is 17.0 Å². The molecule has 8 nitrogen and oxygen atoms in total. The normalized spacial score (nSPS) is 12.6. The Morgan fingerprint density at radius 3 is 2.48 bits per heavy atom.